The van der Waals surface area contributed by atoms with Crippen molar-refractivity contribution in [2.45, 2.75) is 219 Å². The monoisotopic (exact) mass is 651 g/mol. The fraction of sp³-hybridized carbons (Fsp3) is 0.951. The molecule has 0 heterocycles. The van der Waals surface area contributed by atoms with E-state index in [0.29, 0.717) is 19.4 Å². The molecular formula is C41H82N2O3+. The first-order valence-electron chi connectivity index (χ1n) is 20.7. The van der Waals surface area contributed by atoms with Crippen molar-refractivity contribution in [2.75, 3.05) is 33.3 Å². The van der Waals surface area contributed by atoms with Crippen LogP contribution in [0.3, 0.4) is 0 Å². The van der Waals surface area contributed by atoms with E-state index >= 15 is 0 Å². The van der Waals surface area contributed by atoms with Crippen LogP contribution in [0.4, 0.5) is 0 Å². The Bertz CT molecular complexity index is 575. The van der Waals surface area contributed by atoms with E-state index in [2.05, 4.69) is 24.1 Å². The second kappa shape index (κ2) is 38.3. The van der Waals surface area contributed by atoms with Crippen LogP contribution in [0, 0.1) is 0 Å². The molecule has 0 bridgehead atoms. The fourth-order valence-electron chi connectivity index (χ4n) is 6.29. The minimum atomic E-state index is -0.0639. The van der Waals surface area contributed by atoms with Gasteiger partial charge in [-0.15, -0.1) is 0 Å². The van der Waals surface area contributed by atoms with E-state index in [1.807, 2.05) is 7.05 Å². The Hall–Kier alpha value is -1.10. The van der Waals surface area contributed by atoms with Gasteiger partial charge in [0.1, 0.15) is 6.42 Å². The average molecular weight is 651 g/mol. The first kappa shape index (κ1) is 44.9. The Balaban J connectivity index is 3.36. The molecule has 1 N–H and O–H groups in total. The van der Waals surface area contributed by atoms with E-state index in [1.54, 1.807) is 0 Å². The van der Waals surface area contributed by atoms with E-state index in [-0.39, 0.29) is 11.9 Å². The Labute approximate surface area is 288 Å². The molecule has 0 aliphatic heterocycles. The molecule has 0 aliphatic rings. The molecule has 0 atom stereocenters. The summed E-state index contributed by atoms with van der Waals surface area (Å²) < 4.78 is 5.44. The number of unbranched alkanes of at least 4 members (excludes halogenated alkanes) is 27. The lowest BCUT2D eigenvalue weighted by molar-refractivity contribution is -0.144. The molecule has 1 amide bonds. The predicted molar refractivity (Wildman–Crippen MR) is 201 cm³/mol. The molecule has 0 saturated carbocycles. The lowest BCUT2D eigenvalue weighted by Gasteiger charge is -2.14. The fourth-order valence-corrected chi connectivity index (χ4v) is 6.29. The molecule has 5 heteroatoms. The Morgan fingerprint density at radius 3 is 1.28 bits per heavy atom. The number of carbonyl (C=O) groups excluding carboxylic acids is 2. The normalized spacial score (nSPS) is 11.4. The van der Waals surface area contributed by atoms with E-state index in [9.17, 15) is 9.59 Å². The highest BCUT2D eigenvalue weighted by molar-refractivity contribution is 5.75. The average Bonchev–Trinajstić information content (AvgIpc) is 3.04. The number of likely N-dealkylation sites (N-methyl/N-ethyl adjacent to an activating group) is 1. The van der Waals surface area contributed by atoms with Gasteiger partial charge in [0.15, 0.2) is 6.61 Å². The molecule has 0 aromatic carbocycles. The van der Waals surface area contributed by atoms with Crippen LogP contribution in [-0.2, 0) is 14.3 Å². The first-order chi connectivity index (χ1) is 22.6. The van der Waals surface area contributed by atoms with Crippen LogP contribution in [0.1, 0.15) is 219 Å². The minimum Gasteiger partial charge on any atom is -0.356 e. The quantitative estimate of drug-likeness (QED) is 0.0410. The topological polar surface area (TPSA) is 61.5 Å². The van der Waals surface area contributed by atoms with E-state index in [4.69, 9.17) is 4.74 Å². The van der Waals surface area contributed by atoms with Gasteiger partial charge in [-0.2, -0.15) is 0 Å². The van der Waals surface area contributed by atoms with Crippen LogP contribution < -0.4 is 5.32 Å². The molecule has 0 spiro atoms. The third-order valence-electron chi connectivity index (χ3n) is 9.52. The second-order valence-electron chi connectivity index (χ2n) is 14.3. The van der Waals surface area contributed by atoms with Gasteiger partial charge in [0, 0.05) is 17.8 Å². The number of ether oxygens (including phenoxy) is 1. The Morgan fingerprint density at radius 1 is 0.500 bits per heavy atom. The highest BCUT2D eigenvalue weighted by atomic mass is 16.5. The number of amides is 1. The van der Waals surface area contributed by atoms with Gasteiger partial charge in [-0.1, -0.05) is 187 Å². The molecule has 0 aliphatic carbocycles. The summed E-state index contributed by atoms with van der Waals surface area (Å²) in [6.07, 6.45) is 40.9. The van der Waals surface area contributed by atoms with Crippen LogP contribution in [0.25, 0.3) is 0 Å². The first-order valence-corrected chi connectivity index (χ1v) is 20.7. The maximum atomic E-state index is 12.1. The predicted octanol–water partition coefficient (Wildman–Crippen LogP) is 12.1. The number of esters is 1. The maximum absolute atomic E-state index is 12.1. The highest BCUT2D eigenvalue weighted by Gasteiger charge is 2.16. The molecule has 5 nitrogen and oxygen atoms in total. The summed E-state index contributed by atoms with van der Waals surface area (Å²) in [7, 11) is 2.04. The minimum absolute atomic E-state index is 0.0639. The van der Waals surface area contributed by atoms with Gasteiger partial charge in [-0.05, 0) is 32.9 Å². The van der Waals surface area contributed by atoms with Gasteiger partial charge in [-0.3, -0.25) is 4.79 Å². The second-order valence-corrected chi connectivity index (χ2v) is 14.3. The van der Waals surface area contributed by atoms with Gasteiger partial charge < -0.3 is 15.0 Å². The van der Waals surface area contributed by atoms with Crippen LogP contribution in [0.5, 0.6) is 0 Å². The molecule has 0 saturated heterocycles. The molecular weight excluding hydrogens is 568 g/mol. The summed E-state index contributed by atoms with van der Waals surface area (Å²) >= 11 is 0. The molecule has 0 rings (SSSR count). The van der Waals surface area contributed by atoms with Crippen LogP contribution in [0.2, 0.25) is 0 Å². The molecule has 46 heavy (non-hydrogen) atoms. The number of hydrogen-bond donors (Lipinski definition) is 1. The summed E-state index contributed by atoms with van der Waals surface area (Å²) in [6, 6.07) is 0. The molecule has 0 fully saturated rings. The van der Waals surface area contributed by atoms with Crippen molar-refractivity contribution in [1.82, 2.24) is 10.2 Å². The SMILES string of the molecule is CCCCCCCCCCCCCCCCCC(=[O+])OCCN(C)CCCC(=O)NCCCCCCCCCCCCCCCC. The highest BCUT2D eigenvalue weighted by Crippen LogP contribution is 2.15. The van der Waals surface area contributed by atoms with Crippen LogP contribution >= 0.6 is 0 Å². The lowest BCUT2D eigenvalue weighted by Crippen LogP contribution is -2.28. The van der Waals surface area contributed by atoms with E-state index in [0.717, 1.165) is 45.3 Å². The van der Waals surface area contributed by atoms with Crippen LogP contribution in [0.15, 0.2) is 0 Å². The summed E-state index contributed by atoms with van der Waals surface area (Å²) in [4.78, 5) is 26.3. The summed E-state index contributed by atoms with van der Waals surface area (Å²) in [6.45, 7) is 7.39. The third-order valence-corrected chi connectivity index (χ3v) is 9.52. The standard InChI is InChI=1S/C41H82N2O3/c1-4-6-8-10-12-14-16-18-20-21-23-25-27-29-31-35-41(45)46-39-38-43(3)37-33-34-40(44)42-36-32-30-28-26-24-22-19-17-15-13-11-9-7-5-2/h4-39H2,1-3H3,(H,42,44)/q+1. The third kappa shape index (κ3) is 37.4. The summed E-state index contributed by atoms with van der Waals surface area (Å²) in [5.74, 6) is 0.101. The Kier molecular flexibility index (Phi) is 37.4. The van der Waals surface area contributed by atoms with Crippen molar-refractivity contribution in [3.05, 3.63) is 0 Å². The molecule has 1 radical (unpaired) electrons. The van der Waals surface area contributed by atoms with Gasteiger partial charge in [0.2, 0.25) is 5.91 Å². The van der Waals surface area contributed by atoms with Crippen LogP contribution in [-0.4, -0.2) is 50.1 Å². The number of hydrogen-bond acceptors (Lipinski definition) is 4. The zero-order valence-corrected chi connectivity index (χ0v) is 31.6. The lowest BCUT2D eigenvalue weighted by atomic mass is 10.0. The smallest absolute Gasteiger partial charge is 0.356 e. The number of nitrogens with one attached hydrogen (secondary N) is 1. The summed E-state index contributed by atoms with van der Waals surface area (Å²) in [5.41, 5.74) is 0. The number of nitrogens with zero attached hydrogens (tertiary/aromatic N) is 1. The molecule has 0 unspecified atom stereocenters. The van der Waals surface area contributed by atoms with Gasteiger partial charge >= 0.3 is 5.97 Å². The molecule has 0 aromatic heterocycles. The van der Waals surface area contributed by atoms with Crippen molar-refractivity contribution in [3.8, 4) is 0 Å². The van der Waals surface area contributed by atoms with Gasteiger partial charge in [0.05, 0.1) is 6.54 Å². The van der Waals surface area contributed by atoms with Gasteiger partial charge in [0.25, 0.3) is 0 Å². The number of rotatable bonds is 38. The van der Waals surface area contributed by atoms with Crippen molar-refractivity contribution < 1.29 is 14.3 Å². The van der Waals surface area contributed by atoms with E-state index in [1.165, 1.54) is 167 Å². The van der Waals surface area contributed by atoms with E-state index < -0.39 is 0 Å². The molecule has 0 aromatic rings. The van der Waals surface area contributed by atoms with Crippen molar-refractivity contribution in [3.63, 3.8) is 0 Å². The van der Waals surface area contributed by atoms with Gasteiger partial charge in [-0.25, -0.2) is 0 Å². The zero-order valence-electron chi connectivity index (χ0n) is 31.6. The van der Waals surface area contributed by atoms with Crippen molar-refractivity contribution in [1.29, 1.82) is 0 Å². The Morgan fingerprint density at radius 2 is 0.870 bits per heavy atom. The summed E-state index contributed by atoms with van der Waals surface area (Å²) in [5, 5.41) is 3.09. The molecule has 273 valence electrons. The maximum Gasteiger partial charge on any atom is 0.574 e. The van der Waals surface area contributed by atoms with Crippen molar-refractivity contribution >= 4 is 11.9 Å². The number of carbonyl (C=O) groups is 2. The zero-order chi connectivity index (χ0) is 33.6. The van der Waals surface area contributed by atoms with Crippen molar-refractivity contribution in [2.24, 2.45) is 0 Å². The largest absolute Gasteiger partial charge is 0.574 e.